The summed E-state index contributed by atoms with van der Waals surface area (Å²) in [6, 6.07) is 9.56. The number of thiophene rings is 1. The second-order valence-electron chi connectivity index (χ2n) is 7.93. The van der Waals surface area contributed by atoms with Crippen LogP contribution in [0.25, 0.3) is 0 Å². The van der Waals surface area contributed by atoms with Crippen LogP contribution >= 0.6 is 11.3 Å². The lowest BCUT2D eigenvalue weighted by Crippen LogP contribution is -2.40. The predicted octanol–water partition coefficient (Wildman–Crippen LogP) is 3.66. The topological polar surface area (TPSA) is 92.5 Å². The minimum Gasteiger partial charge on any atom is -0.369 e. The van der Waals surface area contributed by atoms with E-state index in [0.29, 0.717) is 13.1 Å². The normalized spacial score (nSPS) is 16.9. The van der Waals surface area contributed by atoms with Crippen LogP contribution < -0.4 is 11.1 Å². The second-order valence-corrected chi connectivity index (χ2v) is 9.39. The van der Waals surface area contributed by atoms with Crippen LogP contribution in [0.3, 0.4) is 0 Å². The van der Waals surface area contributed by atoms with Gasteiger partial charge in [0.15, 0.2) is 5.78 Å². The number of rotatable bonds is 8. The molecule has 6 nitrogen and oxygen atoms in total. The Hall–Kier alpha value is -2.51. The number of aryl methyl sites for hydroxylation is 2. The number of carbonyl (C=O) groups excluding carboxylic acids is 3. The Kier molecular flexibility index (Phi) is 7.39. The maximum Gasteiger partial charge on any atom is 0.224 e. The van der Waals surface area contributed by atoms with Crippen molar-refractivity contribution in [2.24, 2.45) is 11.7 Å². The zero-order valence-electron chi connectivity index (χ0n) is 17.6. The molecule has 1 aromatic heterocycles. The second kappa shape index (κ2) is 10.00. The quantitative estimate of drug-likeness (QED) is 0.629. The first kappa shape index (κ1) is 22.2. The first-order chi connectivity index (χ1) is 14.3. The van der Waals surface area contributed by atoms with Crippen LogP contribution in [0.1, 0.15) is 51.4 Å². The first-order valence-electron chi connectivity index (χ1n) is 10.3. The fourth-order valence-corrected chi connectivity index (χ4v) is 4.88. The van der Waals surface area contributed by atoms with E-state index in [-0.39, 0.29) is 36.4 Å². The highest BCUT2D eigenvalue weighted by molar-refractivity contribution is 7.12. The van der Waals surface area contributed by atoms with E-state index >= 15 is 0 Å². The van der Waals surface area contributed by atoms with E-state index in [0.717, 1.165) is 46.0 Å². The number of hydrogen-bond acceptors (Lipinski definition) is 5. The van der Waals surface area contributed by atoms with Gasteiger partial charge in [-0.05, 0) is 50.9 Å². The molecule has 0 bridgehead atoms. The van der Waals surface area contributed by atoms with Crippen LogP contribution in [0.5, 0.6) is 0 Å². The number of primary amides is 1. The molecular weight excluding hydrogens is 398 g/mol. The number of hydrogen-bond donors (Lipinski definition) is 2. The van der Waals surface area contributed by atoms with Gasteiger partial charge >= 0.3 is 0 Å². The van der Waals surface area contributed by atoms with Gasteiger partial charge in [0.2, 0.25) is 11.8 Å². The standard InChI is InChI=1S/C23H29N3O3S/c1-15-12-19(16(2)30-15)21(27)9-10-22(28)25-20-8-4-3-6-17(20)13-26-11-5-7-18(14-26)23(24)29/h3-4,6,8,12,18H,5,7,9-11,13-14H2,1-2H3,(H2,24,29)(H,25,28). The molecule has 1 aliphatic rings. The van der Waals surface area contributed by atoms with E-state index in [4.69, 9.17) is 5.73 Å². The first-order valence-corrected chi connectivity index (χ1v) is 11.1. The van der Waals surface area contributed by atoms with Gasteiger partial charge in [-0.3, -0.25) is 19.3 Å². The number of carbonyl (C=O) groups is 3. The number of nitrogens with one attached hydrogen (secondary N) is 1. The largest absolute Gasteiger partial charge is 0.369 e. The van der Waals surface area contributed by atoms with E-state index in [1.165, 1.54) is 0 Å². The average Bonchev–Trinajstić information content (AvgIpc) is 3.06. The van der Waals surface area contributed by atoms with E-state index in [1.807, 2.05) is 44.2 Å². The molecule has 1 aliphatic heterocycles. The summed E-state index contributed by atoms with van der Waals surface area (Å²) >= 11 is 1.60. The van der Waals surface area contributed by atoms with Gasteiger partial charge in [0.25, 0.3) is 0 Å². The van der Waals surface area contributed by atoms with Gasteiger partial charge in [0.05, 0.1) is 5.92 Å². The van der Waals surface area contributed by atoms with Gasteiger partial charge in [-0.25, -0.2) is 0 Å². The van der Waals surface area contributed by atoms with Crippen molar-refractivity contribution in [3.8, 4) is 0 Å². The third-order valence-electron chi connectivity index (χ3n) is 5.51. The molecular formula is C23H29N3O3S. The van der Waals surface area contributed by atoms with Crippen molar-refractivity contribution in [3.05, 3.63) is 51.2 Å². The average molecular weight is 428 g/mol. The lowest BCUT2D eigenvalue weighted by atomic mass is 9.97. The number of nitrogens with zero attached hydrogens (tertiary/aromatic N) is 1. The zero-order chi connectivity index (χ0) is 21.7. The number of likely N-dealkylation sites (tertiary alicyclic amines) is 1. The van der Waals surface area contributed by atoms with Crippen LogP contribution in [0.4, 0.5) is 5.69 Å². The molecule has 2 amide bonds. The van der Waals surface area contributed by atoms with Crippen LogP contribution in [-0.2, 0) is 16.1 Å². The molecule has 3 N–H and O–H groups in total. The molecule has 30 heavy (non-hydrogen) atoms. The number of anilines is 1. The summed E-state index contributed by atoms with van der Waals surface area (Å²) in [5.74, 6) is -0.530. The van der Waals surface area contributed by atoms with E-state index in [1.54, 1.807) is 11.3 Å². The van der Waals surface area contributed by atoms with E-state index < -0.39 is 0 Å². The summed E-state index contributed by atoms with van der Waals surface area (Å²) in [4.78, 5) is 40.8. The van der Waals surface area contributed by atoms with Crippen molar-refractivity contribution in [2.45, 2.75) is 46.1 Å². The van der Waals surface area contributed by atoms with Crippen LogP contribution in [0.15, 0.2) is 30.3 Å². The van der Waals surface area contributed by atoms with Crippen molar-refractivity contribution in [1.82, 2.24) is 4.90 Å². The molecule has 160 valence electrons. The van der Waals surface area contributed by atoms with Gasteiger partial charge in [-0.15, -0.1) is 11.3 Å². The molecule has 0 spiro atoms. The summed E-state index contributed by atoms with van der Waals surface area (Å²) in [7, 11) is 0. The summed E-state index contributed by atoms with van der Waals surface area (Å²) < 4.78 is 0. The molecule has 0 radical (unpaired) electrons. The minimum atomic E-state index is -0.248. The minimum absolute atomic E-state index is 0.00564. The van der Waals surface area contributed by atoms with Gasteiger partial charge < -0.3 is 11.1 Å². The monoisotopic (exact) mass is 427 g/mol. The number of piperidine rings is 1. The molecule has 1 saturated heterocycles. The Labute approximate surface area is 181 Å². The number of benzene rings is 1. The Bertz CT molecular complexity index is 938. The summed E-state index contributed by atoms with van der Waals surface area (Å²) in [5.41, 5.74) is 7.94. The van der Waals surface area contributed by atoms with Gasteiger partial charge in [0.1, 0.15) is 0 Å². The van der Waals surface area contributed by atoms with Crippen molar-refractivity contribution in [1.29, 1.82) is 0 Å². The lowest BCUT2D eigenvalue weighted by Gasteiger charge is -2.31. The van der Waals surface area contributed by atoms with Crippen LogP contribution in [0.2, 0.25) is 0 Å². The fraction of sp³-hybridized carbons (Fsp3) is 0.435. The summed E-state index contributed by atoms with van der Waals surface area (Å²) in [6.45, 7) is 6.11. The van der Waals surface area contributed by atoms with Gasteiger partial charge in [0, 0.05) is 46.9 Å². The number of nitrogens with two attached hydrogens (primary N) is 1. The molecule has 1 unspecified atom stereocenters. The summed E-state index contributed by atoms with van der Waals surface area (Å²) in [5, 5.41) is 2.95. The predicted molar refractivity (Wildman–Crippen MR) is 120 cm³/mol. The van der Waals surface area contributed by atoms with E-state index in [9.17, 15) is 14.4 Å². The smallest absolute Gasteiger partial charge is 0.224 e. The number of Topliss-reactive ketones (excluding diaryl/α,β-unsaturated/α-hetero) is 1. The Morgan fingerprint density at radius 2 is 1.97 bits per heavy atom. The van der Waals surface area contributed by atoms with Crippen molar-refractivity contribution in [3.63, 3.8) is 0 Å². The van der Waals surface area contributed by atoms with Crippen molar-refractivity contribution >= 4 is 34.6 Å². The SMILES string of the molecule is Cc1cc(C(=O)CCC(=O)Nc2ccccc2CN2CCCC(C(N)=O)C2)c(C)s1. The van der Waals surface area contributed by atoms with Crippen molar-refractivity contribution < 1.29 is 14.4 Å². The third-order valence-corrected chi connectivity index (χ3v) is 6.48. The molecule has 2 aromatic rings. The van der Waals surface area contributed by atoms with Crippen molar-refractivity contribution in [2.75, 3.05) is 18.4 Å². The number of amides is 2. The van der Waals surface area contributed by atoms with Gasteiger partial charge in [-0.2, -0.15) is 0 Å². The molecule has 0 saturated carbocycles. The Morgan fingerprint density at radius 3 is 2.67 bits per heavy atom. The molecule has 0 aliphatic carbocycles. The molecule has 1 fully saturated rings. The van der Waals surface area contributed by atoms with Gasteiger partial charge in [-0.1, -0.05) is 18.2 Å². The number of para-hydroxylation sites is 1. The maximum absolute atomic E-state index is 12.5. The fourth-order valence-electron chi connectivity index (χ4n) is 3.93. The highest BCUT2D eigenvalue weighted by atomic mass is 32.1. The molecule has 2 heterocycles. The highest BCUT2D eigenvalue weighted by Gasteiger charge is 2.24. The van der Waals surface area contributed by atoms with Crippen LogP contribution in [-0.4, -0.2) is 35.6 Å². The summed E-state index contributed by atoms with van der Waals surface area (Å²) in [6.07, 6.45) is 2.11. The Balaban J connectivity index is 1.57. The third kappa shape index (κ3) is 5.77. The lowest BCUT2D eigenvalue weighted by molar-refractivity contribution is -0.123. The van der Waals surface area contributed by atoms with Crippen LogP contribution in [0, 0.1) is 19.8 Å². The molecule has 7 heteroatoms. The highest BCUT2D eigenvalue weighted by Crippen LogP contribution is 2.24. The maximum atomic E-state index is 12.5. The molecule has 3 rings (SSSR count). The molecule has 1 aromatic carbocycles. The zero-order valence-corrected chi connectivity index (χ0v) is 18.4. The molecule has 1 atom stereocenters. The number of ketones is 1. The van der Waals surface area contributed by atoms with E-state index in [2.05, 4.69) is 10.2 Å². The Morgan fingerprint density at radius 1 is 1.20 bits per heavy atom.